The smallest absolute Gasteiger partial charge is 0.0895 e. The first-order valence-corrected chi connectivity index (χ1v) is 5.16. The maximum absolute atomic E-state index is 2.37. The highest BCUT2D eigenvalue weighted by Gasteiger charge is 2.48. The van der Waals surface area contributed by atoms with Gasteiger partial charge in [-0.25, -0.2) is 0 Å². The van der Waals surface area contributed by atoms with Crippen molar-refractivity contribution >= 4 is 0 Å². The molecule has 1 heteroatoms. The summed E-state index contributed by atoms with van der Waals surface area (Å²) in [5.41, 5.74) is 0. The summed E-state index contributed by atoms with van der Waals surface area (Å²) in [5, 5.41) is 0. The van der Waals surface area contributed by atoms with Gasteiger partial charge in [0.25, 0.3) is 0 Å². The van der Waals surface area contributed by atoms with Crippen LogP contribution in [0.4, 0.5) is 0 Å². The number of hydrogen-bond donors (Lipinski definition) is 0. The summed E-state index contributed by atoms with van der Waals surface area (Å²) in [6, 6.07) is 1.05. The number of nitrogens with zero attached hydrogens (tertiary/aromatic N) is 1. The molecule has 1 heterocycles. The van der Waals surface area contributed by atoms with Crippen molar-refractivity contribution in [3.63, 3.8) is 0 Å². The number of fused-ring (bicyclic) bond motifs is 2. The van der Waals surface area contributed by atoms with Crippen molar-refractivity contribution < 1.29 is 4.48 Å². The second-order valence-corrected chi connectivity index (χ2v) is 4.37. The first kappa shape index (κ1) is 7.60. The molecule has 0 aromatic heterocycles. The Morgan fingerprint density at radius 1 is 1.18 bits per heavy atom. The third-order valence-electron chi connectivity index (χ3n) is 4.17. The highest BCUT2D eigenvalue weighted by Crippen LogP contribution is 2.42. The molecule has 1 saturated carbocycles. The summed E-state index contributed by atoms with van der Waals surface area (Å²) in [6.07, 6.45) is 4.60. The Kier molecular flexibility index (Phi) is 1.71. The second-order valence-electron chi connectivity index (χ2n) is 4.37. The molecule has 2 aliphatic rings. The molecule has 0 aromatic rings. The van der Waals surface area contributed by atoms with E-state index in [0.29, 0.717) is 0 Å². The highest BCUT2D eigenvalue weighted by atomic mass is 15.4. The van der Waals surface area contributed by atoms with E-state index in [2.05, 4.69) is 13.8 Å². The van der Waals surface area contributed by atoms with Gasteiger partial charge in [-0.3, -0.25) is 0 Å². The van der Waals surface area contributed by atoms with Crippen molar-refractivity contribution in [2.75, 3.05) is 19.6 Å². The molecule has 1 aliphatic heterocycles. The van der Waals surface area contributed by atoms with Crippen LogP contribution in [0.3, 0.4) is 0 Å². The van der Waals surface area contributed by atoms with Crippen LogP contribution in [0, 0.1) is 5.92 Å². The molecule has 64 valence electrons. The van der Waals surface area contributed by atoms with Crippen LogP contribution in [0.2, 0.25) is 0 Å². The third-order valence-corrected chi connectivity index (χ3v) is 4.17. The molecule has 1 aliphatic carbocycles. The Morgan fingerprint density at radius 3 is 2.18 bits per heavy atom. The molecule has 2 fully saturated rings. The number of piperidine rings is 1. The van der Waals surface area contributed by atoms with E-state index in [1.54, 1.807) is 6.42 Å². The lowest BCUT2D eigenvalue weighted by Gasteiger charge is -2.40. The molecule has 0 unspecified atom stereocenters. The summed E-state index contributed by atoms with van der Waals surface area (Å²) < 4.78 is 1.45. The van der Waals surface area contributed by atoms with Gasteiger partial charge >= 0.3 is 0 Å². The van der Waals surface area contributed by atoms with Crippen molar-refractivity contribution in [2.45, 2.75) is 39.2 Å². The summed E-state index contributed by atoms with van der Waals surface area (Å²) >= 11 is 0. The van der Waals surface area contributed by atoms with Crippen LogP contribution < -0.4 is 0 Å². The average Bonchev–Trinajstić information content (AvgIpc) is 2.62. The summed E-state index contributed by atoms with van der Waals surface area (Å²) in [6.45, 7) is 8.97. The number of quaternary nitrogens is 1. The number of likely N-dealkylation sites (tertiary alicyclic amines) is 1. The molecule has 2 bridgehead atoms. The molecular weight excluding hydrogens is 134 g/mol. The summed E-state index contributed by atoms with van der Waals surface area (Å²) in [4.78, 5) is 0. The van der Waals surface area contributed by atoms with Crippen molar-refractivity contribution in [1.29, 1.82) is 0 Å². The SMILES string of the molecule is CC[N+]1(CC)C[C@H]2CC[C@@H]1C2. The standard InChI is InChI=1S/C10H20N/c1-3-11(4-2)8-9-5-6-10(11)7-9/h9-10H,3-8H2,1-2H3/q+1/t9-,10+/m0/s1. The predicted octanol–water partition coefficient (Wildman–Crippen LogP) is 2.03. The normalized spacial score (nSPS) is 39.8. The average molecular weight is 154 g/mol. The lowest BCUT2D eigenvalue weighted by atomic mass is 10.1. The summed E-state index contributed by atoms with van der Waals surface area (Å²) in [5.74, 6) is 1.10. The van der Waals surface area contributed by atoms with Crippen LogP contribution in [0.15, 0.2) is 0 Å². The van der Waals surface area contributed by atoms with Crippen LogP contribution in [-0.2, 0) is 0 Å². The lowest BCUT2D eigenvalue weighted by molar-refractivity contribution is -0.940. The van der Waals surface area contributed by atoms with Crippen molar-refractivity contribution in [3.05, 3.63) is 0 Å². The molecule has 2 atom stereocenters. The van der Waals surface area contributed by atoms with Gasteiger partial charge in [0.05, 0.1) is 25.7 Å². The lowest BCUT2D eigenvalue weighted by Crippen LogP contribution is -2.52. The van der Waals surface area contributed by atoms with Crippen molar-refractivity contribution in [1.82, 2.24) is 0 Å². The Labute approximate surface area is 70.0 Å². The minimum Gasteiger partial charge on any atom is -0.321 e. The van der Waals surface area contributed by atoms with E-state index in [1.165, 1.54) is 37.0 Å². The number of hydrogen-bond acceptors (Lipinski definition) is 0. The van der Waals surface area contributed by atoms with Gasteiger partial charge < -0.3 is 4.48 Å². The minimum absolute atomic E-state index is 1.05. The van der Waals surface area contributed by atoms with E-state index in [4.69, 9.17) is 0 Å². The van der Waals surface area contributed by atoms with E-state index in [9.17, 15) is 0 Å². The molecule has 11 heavy (non-hydrogen) atoms. The van der Waals surface area contributed by atoms with Gasteiger partial charge in [-0.2, -0.15) is 0 Å². The van der Waals surface area contributed by atoms with Crippen LogP contribution in [0.5, 0.6) is 0 Å². The zero-order chi connectivity index (χ0) is 7.90. The minimum atomic E-state index is 1.05. The van der Waals surface area contributed by atoms with Crippen LogP contribution in [0.1, 0.15) is 33.1 Å². The topological polar surface area (TPSA) is 0 Å². The van der Waals surface area contributed by atoms with Crippen molar-refractivity contribution in [2.24, 2.45) is 5.92 Å². The molecule has 0 amide bonds. The molecule has 1 saturated heterocycles. The van der Waals surface area contributed by atoms with E-state index < -0.39 is 0 Å². The largest absolute Gasteiger partial charge is 0.321 e. The molecule has 1 nitrogen and oxygen atoms in total. The fourth-order valence-electron chi connectivity index (χ4n) is 3.37. The zero-order valence-electron chi connectivity index (χ0n) is 7.84. The zero-order valence-corrected chi connectivity index (χ0v) is 7.84. The van der Waals surface area contributed by atoms with Crippen LogP contribution in [0.25, 0.3) is 0 Å². The fourth-order valence-corrected chi connectivity index (χ4v) is 3.37. The first-order chi connectivity index (χ1) is 5.30. The first-order valence-electron chi connectivity index (χ1n) is 5.16. The fraction of sp³-hybridized carbons (Fsp3) is 1.00. The van der Waals surface area contributed by atoms with Gasteiger partial charge in [0, 0.05) is 12.3 Å². The molecule has 0 N–H and O–H groups in total. The maximum atomic E-state index is 2.37. The molecule has 0 aromatic carbocycles. The highest BCUT2D eigenvalue weighted by molar-refractivity contribution is 4.83. The van der Waals surface area contributed by atoms with Crippen molar-refractivity contribution in [3.8, 4) is 0 Å². The van der Waals surface area contributed by atoms with Gasteiger partial charge in [0.1, 0.15) is 0 Å². The van der Waals surface area contributed by atoms with E-state index in [-0.39, 0.29) is 0 Å². The molecule has 0 radical (unpaired) electrons. The van der Waals surface area contributed by atoms with E-state index >= 15 is 0 Å². The van der Waals surface area contributed by atoms with Gasteiger partial charge in [-0.05, 0) is 26.7 Å². The third kappa shape index (κ3) is 0.936. The Hall–Kier alpha value is -0.0400. The predicted molar refractivity (Wildman–Crippen MR) is 47.3 cm³/mol. The molecule has 0 spiro atoms. The van der Waals surface area contributed by atoms with Crippen LogP contribution in [-0.4, -0.2) is 30.2 Å². The van der Waals surface area contributed by atoms with Gasteiger partial charge in [-0.1, -0.05) is 0 Å². The van der Waals surface area contributed by atoms with Gasteiger partial charge in [0.2, 0.25) is 0 Å². The maximum Gasteiger partial charge on any atom is 0.0895 e. The van der Waals surface area contributed by atoms with E-state index in [1.807, 2.05) is 0 Å². The van der Waals surface area contributed by atoms with Gasteiger partial charge in [-0.15, -0.1) is 0 Å². The molecule has 2 rings (SSSR count). The molecular formula is C10H20N+. The summed E-state index contributed by atoms with van der Waals surface area (Å²) in [7, 11) is 0. The monoisotopic (exact) mass is 154 g/mol. The Bertz CT molecular complexity index is 149. The van der Waals surface area contributed by atoms with Gasteiger partial charge in [0.15, 0.2) is 0 Å². The van der Waals surface area contributed by atoms with E-state index in [0.717, 1.165) is 12.0 Å². The van der Waals surface area contributed by atoms with Crippen LogP contribution >= 0.6 is 0 Å². The number of rotatable bonds is 2. The quantitative estimate of drug-likeness (QED) is 0.534. The Balaban J connectivity index is 2.14. The second kappa shape index (κ2) is 2.48. The Morgan fingerprint density at radius 2 is 1.91 bits per heavy atom.